The van der Waals surface area contributed by atoms with Gasteiger partial charge in [-0.1, -0.05) is 0 Å². The molecule has 7 heteroatoms. The quantitative estimate of drug-likeness (QED) is 0.893. The van der Waals surface area contributed by atoms with Crippen molar-refractivity contribution in [1.29, 1.82) is 0 Å². The molecule has 1 aromatic heterocycles. The average Bonchev–Trinajstić information content (AvgIpc) is 3.34. The summed E-state index contributed by atoms with van der Waals surface area (Å²) >= 11 is 0. The molecule has 1 amide bonds. The minimum atomic E-state index is -3.06. The number of carbonyl (C=O) groups is 1. The third-order valence-electron chi connectivity index (χ3n) is 6.09. The highest BCUT2D eigenvalue weighted by atomic mass is 32.2. The number of rotatable bonds is 4. The number of sulfonamides is 1. The van der Waals surface area contributed by atoms with Gasteiger partial charge in [-0.05, 0) is 50.0 Å². The van der Waals surface area contributed by atoms with E-state index in [0.29, 0.717) is 18.7 Å². The molecular weight excluding hydrogens is 326 g/mol. The molecule has 0 unspecified atom stereocenters. The third kappa shape index (κ3) is 2.67. The molecule has 1 aliphatic heterocycles. The number of hydrogen-bond acceptors (Lipinski definition) is 3. The summed E-state index contributed by atoms with van der Waals surface area (Å²) in [5.41, 5.74) is 0.785. The molecule has 3 fully saturated rings. The Morgan fingerprint density at radius 2 is 1.92 bits per heavy atom. The Balaban J connectivity index is 1.37. The molecule has 1 N–H and O–H groups in total. The van der Waals surface area contributed by atoms with Crippen molar-refractivity contribution >= 4 is 15.9 Å². The van der Waals surface area contributed by atoms with E-state index in [1.54, 1.807) is 4.31 Å². The van der Waals surface area contributed by atoms with E-state index in [1.807, 2.05) is 30.1 Å². The fourth-order valence-corrected chi connectivity index (χ4v) is 6.01. The minimum Gasteiger partial charge on any atom is -0.356 e. The summed E-state index contributed by atoms with van der Waals surface area (Å²) in [7, 11) is -1.16. The normalized spacial score (nSPS) is 27.0. The van der Waals surface area contributed by atoms with Crippen LogP contribution in [0.2, 0.25) is 0 Å². The fourth-order valence-electron chi connectivity index (χ4n) is 4.16. The van der Waals surface area contributed by atoms with Crippen LogP contribution in [0.3, 0.4) is 0 Å². The zero-order chi connectivity index (χ0) is 16.9. The van der Waals surface area contributed by atoms with Gasteiger partial charge in [0.25, 0.3) is 5.91 Å². The van der Waals surface area contributed by atoms with E-state index in [2.05, 4.69) is 5.32 Å². The second-order valence-electron chi connectivity index (χ2n) is 7.64. The first kappa shape index (κ1) is 16.1. The lowest BCUT2D eigenvalue weighted by atomic mass is 9.59. The molecule has 24 heavy (non-hydrogen) atoms. The zero-order valence-corrected chi connectivity index (χ0v) is 14.9. The second kappa shape index (κ2) is 5.59. The molecule has 1 atom stereocenters. The summed E-state index contributed by atoms with van der Waals surface area (Å²) in [6.07, 6.45) is 9.13. The van der Waals surface area contributed by atoms with Gasteiger partial charge in [-0.3, -0.25) is 4.79 Å². The molecule has 2 aliphatic carbocycles. The number of aryl methyl sites for hydroxylation is 1. The van der Waals surface area contributed by atoms with Crippen molar-refractivity contribution < 1.29 is 13.2 Å². The van der Waals surface area contributed by atoms with Crippen molar-refractivity contribution in [3.05, 3.63) is 24.0 Å². The van der Waals surface area contributed by atoms with Crippen LogP contribution in [0, 0.1) is 5.41 Å². The molecule has 4 rings (SSSR count). The Bertz CT molecular complexity index is 743. The Morgan fingerprint density at radius 1 is 1.21 bits per heavy atom. The largest absolute Gasteiger partial charge is 0.356 e. The molecule has 0 aromatic carbocycles. The monoisotopic (exact) mass is 351 g/mol. The van der Waals surface area contributed by atoms with Gasteiger partial charge < -0.3 is 9.88 Å². The molecule has 6 nitrogen and oxygen atoms in total. The first-order valence-electron chi connectivity index (χ1n) is 8.83. The van der Waals surface area contributed by atoms with E-state index >= 15 is 0 Å². The van der Waals surface area contributed by atoms with Crippen molar-refractivity contribution in [2.75, 3.05) is 13.1 Å². The Labute approximate surface area is 143 Å². The Hall–Kier alpha value is -1.34. The summed E-state index contributed by atoms with van der Waals surface area (Å²) in [4.78, 5) is 12.4. The molecular formula is C17H25N3O3S. The van der Waals surface area contributed by atoms with E-state index in [-0.39, 0.29) is 22.6 Å². The maximum absolute atomic E-state index is 12.4. The van der Waals surface area contributed by atoms with Crippen molar-refractivity contribution in [2.45, 2.75) is 49.8 Å². The van der Waals surface area contributed by atoms with Crippen molar-refractivity contribution in [2.24, 2.45) is 12.5 Å². The standard InChI is InChI=1S/C17H25N3O3S/c1-19-9-5-13(12-19)16(21)18-15-4-6-17(15)7-10-20(11-8-17)24(22,23)14-2-3-14/h5,9,12,14-15H,2-4,6-8,10-11H2,1H3,(H,18,21)/t15-/m0/s1. The lowest BCUT2D eigenvalue weighted by Crippen LogP contribution is -2.59. The molecule has 2 saturated carbocycles. The number of nitrogens with zero attached hydrogens (tertiary/aromatic N) is 2. The number of carbonyl (C=O) groups excluding carboxylic acids is 1. The lowest BCUT2D eigenvalue weighted by Gasteiger charge is -2.53. The molecule has 1 aromatic rings. The van der Waals surface area contributed by atoms with Gasteiger partial charge in [0.2, 0.25) is 10.0 Å². The predicted octanol–water partition coefficient (Wildman–Crippen LogP) is 1.49. The van der Waals surface area contributed by atoms with Crippen LogP contribution < -0.4 is 5.32 Å². The van der Waals surface area contributed by atoms with Crippen molar-refractivity contribution in [1.82, 2.24) is 14.2 Å². The summed E-state index contributed by atoms with van der Waals surface area (Å²) in [6.45, 7) is 1.22. The maximum Gasteiger partial charge on any atom is 0.253 e. The highest BCUT2D eigenvalue weighted by molar-refractivity contribution is 7.90. The van der Waals surface area contributed by atoms with E-state index in [1.165, 1.54) is 0 Å². The highest BCUT2D eigenvalue weighted by Crippen LogP contribution is 2.50. The van der Waals surface area contributed by atoms with E-state index < -0.39 is 10.0 Å². The van der Waals surface area contributed by atoms with Crippen LogP contribution in [0.1, 0.15) is 48.9 Å². The summed E-state index contributed by atoms with van der Waals surface area (Å²) in [5.74, 6) is -0.0206. The van der Waals surface area contributed by atoms with Crippen LogP contribution in [-0.4, -0.2) is 47.6 Å². The third-order valence-corrected chi connectivity index (χ3v) is 8.49. The zero-order valence-electron chi connectivity index (χ0n) is 14.1. The topological polar surface area (TPSA) is 71.4 Å². The second-order valence-corrected chi connectivity index (χ2v) is 9.85. The van der Waals surface area contributed by atoms with E-state index in [9.17, 15) is 13.2 Å². The minimum absolute atomic E-state index is 0.0206. The highest BCUT2D eigenvalue weighted by Gasteiger charge is 2.51. The van der Waals surface area contributed by atoms with Gasteiger partial charge in [0.15, 0.2) is 0 Å². The molecule has 132 valence electrons. The SMILES string of the molecule is Cn1ccc(C(=O)N[C@H]2CCC23CCN(S(=O)(=O)C2CC2)CC3)c1. The maximum atomic E-state index is 12.4. The molecule has 1 saturated heterocycles. The number of hydrogen-bond donors (Lipinski definition) is 1. The number of aromatic nitrogens is 1. The van der Waals surface area contributed by atoms with Crippen LogP contribution in [0.4, 0.5) is 0 Å². The fraction of sp³-hybridized carbons (Fsp3) is 0.706. The number of piperidine rings is 1. The Morgan fingerprint density at radius 3 is 2.42 bits per heavy atom. The molecule has 0 radical (unpaired) electrons. The van der Waals surface area contributed by atoms with Gasteiger partial charge in [-0.25, -0.2) is 12.7 Å². The van der Waals surface area contributed by atoms with Crippen LogP contribution in [0.25, 0.3) is 0 Å². The van der Waals surface area contributed by atoms with Gasteiger partial charge >= 0.3 is 0 Å². The molecule has 1 spiro atoms. The van der Waals surface area contributed by atoms with E-state index in [0.717, 1.165) is 38.5 Å². The van der Waals surface area contributed by atoms with Crippen LogP contribution in [0.15, 0.2) is 18.5 Å². The molecule has 0 bridgehead atoms. The van der Waals surface area contributed by atoms with Gasteiger partial charge in [0.1, 0.15) is 0 Å². The van der Waals surface area contributed by atoms with Gasteiger partial charge in [0, 0.05) is 38.6 Å². The Kier molecular flexibility index (Phi) is 3.76. The first-order chi connectivity index (χ1) is 11.4. The average molecular weight is 351 g/mol. The van der Waals surface area contributed by atoms with Crippen LogP contribution in [-0.2, 0) is 17.1 Å². The predicted molar refractivity (Wildman–Crippen MR) is 91.1 cm³/mol. The number of nitrogens with one attached hydrogen (secondary N) is 1. The number of amides is 1. The van der Waals surface area contributed by atoms with Crippen LogP contribution in [0.5, 0.6) is 0 Å². The first-order valence-corrected chi connectivity index (χ1v) is 10.3. The summed E-state index contributed by atoms with van der Waals surface area (Å²) in [6, 6.07) is 2.00. The van der Waals surface area contributed by atoms with Crippen molar-refractivity contribution in [3.63, 3.8) is 0 Å². The lowest BCUT2D eigenvalue weighted by molar-refractivity contribution is 0.0126. The summed E-state index contributed by atoms with van der Waals surface area (Å²) in [5, 5.41) is 3.05. The van der Waals surface area contributed by atoms with E-state index in [4.69, 9.17) is 0 Å². The van der Waals surface area contributed by atoms with Crippen molar-refractivity contribution in [3.8, 4) is 0 Å². The van der Waals surface area contributed by atoms with Gasteiger partial charge in [-0.2, -0.15) is 0 Å². The summed E-state index contributed by atoms with van der Waals surface area (Å²) < 4.78 is 28.3. The molecule has 2 heterocycles. The molecule has 3 aliphatic rings. The van der Waals surface area contributed by atoms with Gasteiger partial charge in [0.05, 0.1) is 10.8 Å². The van der Waals surface area contributed by atoms with Crippen LogP contribution >= 0.6 is 0 Å². The van der Waals surface area contributed by atoms with Gasteiger partial charge in [-0.15, -0.1) is 0 Å². The smallest absolute Gasteiger partial charge is 0.253 e.